The van der Waals surface area contributed by atoms with Gasteiger partial charge in [0.2, 0.25) is 5.91 Å². The van der Waals surface area contributed by atoms with Gasteiger partial charge in [-0.3, -0.25) is 48.4 Å². The lowest BCUT2D eigenvalue weighted by Gasteiger charge is -2.32. The zero-order valence-corrected chi connectivity index (χ0v) is 26.7. The number of nitrogens with one attached hydrogen (secondary N) is 2. The molecule has 16 heteroatoms. The highest BCUT2D eigenvalue weighted by Gasteiger charge is 2.21. The largest absolute Gasteiger partial charge is 0.480 e. The van der Waals surface area contributed by atoms with E-state index in [4.69, 9.17) is 10.6 Å². The topological polar surface area (TPSA) is 218 Å². The minimum absolute atomic E-state index is 0.0253. The molecule has 1 aromatic rings. The summed E-state index contributed by atoms with van der Waals surface area (Å²) in [6.07, 6.45) is 0.550. The van der Waals surface area contributed by atoms with Crippen LogP contribution in [0.15, 0.2) is 24.3 Å². The molecule has 46 heavy (non-hydrogen) atoms. The molecule has 2 amide bonds. The summed E-state index contributed by atoms with van der Waals surface area (Å²) in [5.74, 6) is -3.38. The van der Waals surface area contributed by atoms with E-state index >= 15 is 0 Å². The predicted octanol–water partition coefficient (Wildman–Crippen LogP) is -1.30. The molecule has 1 saturated heterocycles. The van der Waals surface area contributed by atoms with Gasteiger partial charge in [0.05, 0.1) is 38.8 Å². The average molecular weight is 652 g/mol. The fourth-order valence-corrected chi connectivity index (χ4v) is 4.88. The Hall–Kier alpha value is -3.67. The van der Waals surface area contributed by atoms with Crippen LogP contribution in [-0.2, 0) is 42.0 Å². The highest BCUT2D eigenvalue weighted by Crippen LogP contribution is 2.07. The molecule has 2 rings (SSSR count). The molecule has 0 radical (unpaired) electrons. The highest BCUT2D eigenvalue weighted by atomic mass is 16.6. The number of nitrogens with zero attached hydrogens (tertiary/aromatic N) is 4. The fourth-order valence-electron chi connectivity index (χ4n) is 4.88. The second kappa shape index (κ2) is 20.5. The third kappa shape index (κ3) is 16.6. The Balaban J connectivity index is 1.94. The van der Waals surface area contributed by atoms with Crippen molar-refractivity contribution in [2.24, 2.45) is 11.7 Å². The van der Waals surface area contributed by atoms with E-state index in [0.717, 1.165) is 11.1 Å². The molecule has 1 fully saturated rings. The summed E-state index contributed by atoms with van der Waals surface area (Å²) in [5.41, 5.74) is 9.88. The highest BCUT2D eigenvalue weighted by molar-refractivity contribution is 5.80. The van der Waals surface area contributed by atoms with Crippen molar-refractivity contribution >= 4 is 29.7 Å². The molecule has 0 aromatic heterocycles. The number of amides is 2. The summed E-state index contributed by atoms with van der Waals surface area (Å²) in [5, 5.41) is 30.9. The van der Waals surface area contributed by atoms with Crippen LogP contribution in [0.3, 0.4) is 0 Å². The van der Waals surface area contributed by atoms with Crippen LogP contribution in [-0.4, -0.2) is 149 Å². The van der Waals surface area contributed by atoms with Gasteiger partial charge in [-0.05, 0) is 23.5 Å². The number of rotatable bonds is 16. The second-order valence-electron chi connectivity index (χ2n) is 11.9. The molecule has 1 aromatic carbocycles. The molecule has 1 atom stereocenters. The van der Waals surface area contributed by atoms with E-state index < -0.39 is 23.9 Å². The van der Waals surface area contributed by atoms with E-state index in [1.165, 1.54) is 0 Å². The van der Waals surface area contributed by atoms with Gasteiger partial charge in [0.1, 0.15) is 0 Å². The first-order chi connectivity index (χ1) is 21.8. The van der Waals surface area contributed by atoms with Gasteiger partial charge < -0.3 is 26.4 Å². The van der Waals surface area contributed by atoms with Crippen molar-refractivity contribution < 1.29 is 44.1 Å². The minimum Gasteiger partial charge on any atom is -0.480 e. The van der Waals surface area contributed by atoms with Crippen molar-refractivity contribution in [3.63, 3.8) is 0 Å². The van der Waals surface area contributed by atoms with Crippen LogP contribution in [0.4, 0.5) is 0 Å². The molecule has 7 N–H and O–H groups in total. The number of aliphatic carboxylic acids is 3. The molecule has 1 heterocycles. The van der Waals surface area contributed by atoms with Gasteiger partial charge in [0.15, 0.2) is 0 Å². The molecule has 16 nitrogen and oxygen atoms in total. The molecule has 0 bridgehead atoms. The van der Waals surface area contributed by atoms with Crippen molar-refractivity contribution in [3.05, 3.63) is 35.4 Å². The standard InChI is InChI=1S/C30H49N7O9/c1-22(2)15-25(31)30(45)33-46-21-24-5-3-23(4-6-24)16-32-26(38)17-34-7-9-35(18-27(39)40)11-13-37(20-29(43)44)14-12-36(10-8-34)19-28(41)42/h3-6,22,25H,7-21,31H2,1-2H3,(H,32,38)(H,33,45)(H,39,40)(H,41,42)(H,43,44)/t25-/m1/s1. The van der Waals surface area contributed by atoms with Crippen LogP contribution in [0, 0.1) is 5.92 Å². The smallest absolute Gasteiger partial charge is 0.317 e. The van der Waals surface area contributed by atoms with Crippen LogP contribution in [0.1, 0.15) is 31.4 Å². The normalized spacial score (nSPS) is 17.0. The lowest BCUT2D eigenvalue weighted by molar-refractivity contribution is -0.140. The summed E-state index contributed by atoms with van der Waals surface area (Å²) < 4.78 is 0. The first-order valence-corrected chi connectivity index (χ1v) is 15.4. The second-order valence-corrected chi connectivity index (χ2v) is 11.9. The van der Waals surface area contributed by atoms with E-state index in [-0.39, 0.29) is 57.1 Å². The number of carboxylic acids is 3. The van der Waals surface area contributed by atoms with E-state index in [0.29, 0.717) is 58.8 Å². The van der Waals surface area contributed by atoms with Crippen molar-refractivity contribution in [3.8, 4) is 0 Å². The van der Waals surface area contributed by atoms with E-state index in [2.05, 4.69) is 10.8 Å². The Morgan fingerprint density at radius 3 is 1.50 bits per heavy atom. The number of carbonyl (C=O) groups is 5. The SMILES string of the molecule is CC(C)C[C@@H](N)C(=O)NOCc1ccc(CNC(=O)CN2CCN(CC(=O)O)CCN(CC(=O)O)CCN(CC(=O)O)CC2)cc1. The van der Waals surface area contributed by atoms with Crippen LogP contribution >= 0.6 is 0 Å². The number of carbonyl (C=O) groups excluding carboxylic acids is 2. The number of hydrogen-bond donors (Lipinski definition) is 6. The quantitative estimate of drug-likeness (QED) is 0.115. The lowest BCUT2D eigenvalue weighted by Crippen LogP contribution is -2.49. The average Bonchev–Trinajstić information content (AvgIpc) is 2.96. The molecule has 1 aliphatic rings. The van der Waals surface area contributed by atoms with Gasteiger partial charge in [-0.2, -0.15) is 0 Å². The Labute approximate surface area is 269 Å². The van der Waals surface area contributed by atoms with Crippen LogP contribution in [0.5, 0.6) is 0 Å². The van der Waals surface area contributed by atoms with E-state index in [9.17, 15) is 39.3 Å². The first-order valence-electron chi connectivity index (χ1n) is 15.4. The molecule has 258 valence electrons. The summed E-state index contributed by atoms with van der Waals surface area (Å²) in [4.78, 5) is 71.4. The minimum atomic E-state index is -1.02. The van der Waals surface area contributed by atoms with Crippen LogP contribution in [0.2, 0.25) is 0 Å². The molecule has 0 spiro atoms. The summed E-state index contributed by atoms with van der Waals surface area (Å²) >= 11 is 0. The summed E-state index contributed by atoms with van der Waals surface area (Å²) in [6, 6.07) is 6.68. The van der Waals surface area contributed by atoms with Crippen molar-refractivity contribution in [1.29, 1.82) is 0 Å². The molecule has 0 unspecified atom stereocenters. The third-order valence-electron chi connectivity index (χ3n) is 7.36. The zero-order valence-electron chi connectivity index (χ0n) is 26.7. The lowest BCUT2D eigenvalue weighted by atomic mass is 10.0. The number of carboxylic acid groups (broad SMARTS) is 3. The van der Waals surface area contributed by atoms with Gasteiger partial charge in [-0.1, -0.05) is 38.1 Å². The Morgan fingerprint density at radius 2 is 1.11 bits per heavy atom. The van der Waals surface area contributed by atoms with E-state index in [1.54, 1.807) is 14.7 Å². The van der Waals surface area contributed by atoms with Gasteiger partial charge in [0, 0.05) is 58.9 Å². The summed E-state index contributed by atoms with van der Waals surface area (Å²) in [6.45, 7) is 6.27. The Kier molecular flexibility index (Phi) is 17.1. The molecule has 0 saturated carbocycles. The van der Waals surface area contributed by atoms with Gasteiger partial charge in [0.25, 0.3) is 5.91 Å². The van der Waals surface area contributed by atoms with Crippen molar-refractivity contribution in [2.75, 3.05) is 78.5 Å². The van der Waals surface area contributed by atoms with Crippen molar-refractivity contribution in [1.82, 2.24) is 30.4 Å². The fraction of sp³-hybridized carbons (Fsp3) is 0.633. The Morgan fingerprint density at radius 1 is 0.717 bits per heavy atom. The molecular weight excluding hydrogens is 602 g/mol. The van der Waals surface area contributed by atoms with Gasteiger partial charge in [-0.25, -0.2) is 5.48 Å². The molecule has 1 aliphatic heterocycles. The monoisotopic (exact) mass is 651 g/mol. The van der Waals surface area contributed by atoms with Crippen LogP contribution in [0.25, 0.3) is 0 Å². The summed E-state index contributed by atoms with van der Waals surface area (Å²) in [7, 11) is 0. The first kappa shape index (κ1) is 38.5. The van der Waals surface area contributed by atoms with E-state index in [1.807, 2.05) is 43.0 Å². The maximum Gasteiger partial charge on any atom is 0.317 e. The van der Waals surface area contributed by atoms with Crippen molar-refractivity contribution in [2.45, 2.75) is 39.5 Å². The Bertz CT molecular complexity index is 1100. The van der Waals surface area contributed by atoms with Gasteiger partial charge in [-0.15, -0.1) is 0 Å². The number of benzene rings is 1. The van der Waals surface area contributed by atoms with Crippen LogP contribution < -0.4 is 16.5 Å². The third-order valence-corrected chi connectivity index (χ3v) is 7.36. The number of hydrogen-bond acceptors (Lipinski definition) is 11. The molecular formula is C30H49N7O9. The number of nitrogens with two attached hydrogens (primary N) is 1. The zero-order chi connectivity index (χ0) is 34.1. The molecule has 0 aliphatic carbocycles. The maximum absolute atomic E-state index is 12.9. The number of hydroxylamine groups is 1. The maximum atomic E-state index is 12.9. The predicted molar refractivity (Wildman–Crippen MR) is 167 cm³/mol. The van der Waals surface area contributed by atoms with Gasteiger partial charge >= 0.3 is 17.9 Å².